The Hall–Kier alpha value is -0.380. The van der Waals surface area contributed by atoms with Gasteiger partial charge < -0.3 is 5.32 Å². The average molecular weight is 236 g/mol. The molecule has 88 valence electrons. The summed E-state index contributed by atoms with van der Waals surface area (Å²) in [5, 5.41) is 8.16. The zero-order chi connectivity index (χ0) is 10.8. The predicted molar refractivity (Wildman–Crippen MR) is 68.8 cm³/mol. The van der Waals surface area contributed by atoms with Crippen molar-refractivity contribution in [2.75, 3.05) is 13.1 Å². The number of fused-ring (bicyclic) bond motifs is 1. The Morgan fingerprint density at radius 1 is 1.31 bits per heavy atom. The Labute approximate surface area is 102 Å². The summed E-state index contributed by atoms with van der Waals surface area (Å²) in [5.41, 5.74) is 1.44. The zero-order valence-electron chi connectivity index (χ0n) is 9.69. The van der Waals surface area contributed by atoms with Crippen LogP contribution in [0, 0.1) is 0 Å². The van der Waals surface area contributed by atoms with E-state index in [9.17, 15) is 0 Å². The highest BCUT2D eigenvalue weighted by Gasteiger charge is 2.34. The smallest absolute Gasteiger partial charge is 0.0249 e. The summed E-state index contributed by atoms with van der Waals surface area (Å²) in [4.78, 5) is 2.69. The molecule has 3 heterocycles. The molecule has 2 aliphatic heterocycles. The SMILES string of the molecule is c1cc(CNC2CCN3CCCCC23)cs1. The summed E-state index contributed by atoms with van der Waals surface area (Å²) in [5.74, 6) is 0. The molecule has 2 aliphatic rings. The molecule has 3 heteroatoms. The molecular formula is C13H20N2S. The van der Waals surface area contributed by atoms with Gasteiger partial charge in [0.05, 0.1) is 0 Å². The molecule has 0 amide bonds. The minimum atomic E-state index is 0.736. The van der Waals surface area contributed by atoms with Gasteiger partial charge in [-0.2, -0.15) is 11.3 Å². The first-order valence-corrected chi connectivity index (χ1v) is 7.36. The molecule has 1 aromatic rings. The molecule has 0 bridgehead atoms. The number of rotatable bonds is 3. The molecule has 0 spiro atoms. The molecule has 2 fully saturated rings. The number of thiophene rings is 1. The lowest BCUT2D eigenvalue weighted by Gasteiger charge is -2.32. The fraction of sp³-hybridized carbons (Fsp3) is 0.692. The van der Waals surface area contributed by atoms with Gasteiger partial charge >= 0.3 is 0 Å². The first-order valence-electron chi connectivity index (χ1n) is 6.42. The fourth-order valence-electron chi connectivity index (χ4n) is 3.13. The fourth-order valence-corrected chi connectivity index (χ4v) is 3.80. The van der Waals surface area contributed by atoms with Crippen LogP contribution < -0.4 is 5.32 Å². The highest BCUT2D eigenvalue weighted by Crippen LogP contribution is 2.27. The summed E-state index contributed by atoms with van der Waals surface area (Å²) in [7, 11) is 0. The second-order valence-corrected chi connectivity index (χ2v) is 5.79. The van der Waals surface area contributed by atoms with Crippen molar-refractivity contribution in [2.45, 2.75) is 44.3 Å². The van der Waals surface area contributed by atoms with Crippen LogP contribution in [-0.4, -0.2) is 30.1 Å². The van der Waals surface area contributed by atoms with Gasteiger partial charge in [0.1, 0.15) is 0 Å². The van der Waals surface area contributed by atoms with Crippen LogP contribution in [0.3, 0.4) is 0 Å². The summed E-state index contributed by atoms with van der Waals surface area (Å²) in [6, 6.07) is 3.79. The standard InChI is InChI=1S/C13H20N2S/c1-2-6-15-7-4-12(13(15)3-1)14-9-11-5-8-16-10-11/h5,8,10,12-14H,1-4,6-7,9H2. The van der Waals surface area contributed by atoms with E-state index in [0.717, 1.165) is 18.6 Å². The largest absolute Gasteiger partial charge is 0.308 e. The summed E-state index contributed by atoms with van der Waals surface area (Å²) < 4.78 is 0. The molecule has 16 heavy (non-hydrogen) atoms. The van der Waals surface area contributed by atoms with Gasteiger partial charge in [-0.1, -0.05) is 6.42 Å². The predicted octanol–water partition coefficient (Wildman–Crippen LogP) is 2.46. The Bertz CT molecular complexity index is 323. The van der Waals surface area contributed by atoms with Crippen molar-refractivity contribution in [1.82, 2.24) is 10.2 Å². The number of hydrogen-bond donors (Lipinski definition) is 1. The molecule has 0 aliphatic carbocycles. The molecule has 0 aromatic carbocycles. The van der Waals surface area contributed by atoms with Crippen molar-refractivity contribution >= 4 is 11.3 Å². The molecule has 2 nitrogen and oxygen atoms in total. The molecule has 2 atom stereocenters. The second kappa shape index (κ2) is 4.86. The van der Waals surface area contributed by atoms with Crippen molar-refractivity contribution in [3.63, 3.8) is 0 Å². The van der Waals surface area contributed by atoms with Crippen molar-refractivity contribution < 1.29 is 0 Å². The van der Waals surface area contributed by atoms with Crippen LogP contribution in [0.4, 0.5) is 0 Å². The van der Waals surface area contributed by atoms with E-state index in [4.69, 9.17) is 0 Å². The molecule has 2 unspecified atom stereocenters. The van der Waals surface area contributed by atoms with Gasteiger partial charge in [0.25, 0.3) is 0 Å². The highest BCUT2D eigenvalue weighted by atomic mass is 32.1. The monoisotopic (exact) mass is 236 g/mol. The lowest BCUT2D eigenvalue weighted by molar-refractivity contribution is 0.180. The van der Waals surface area contributed by atoms with Crippen molar-refractivity contribution in [3.05, 3.63) is 22.4 Å². The van der Waals surface area contributed by atoms with Gasteiger partial charge in [-0.25, -0.2) is 0 Å². The minimum absolute atomic E-state index is 0.736. The average Bonchev–Trinajstić information content (AvgIpc) is 2.96. The molecule has 0 radical (unpaired) electrons. The maximum atomic E-state index is 3.75. The van der Waals surface area contributed by atoms with Crippen LogP contribution in [0.15, 0.2) is 16.8 Å². The van der Waals surface area contributed by atoms with E-state index in [2.05, 4.69) is 27.0 Å². The summed E-state index contributed by atoms with van der Waals surface area (Å²) in [6.45, 7) is 3.70. The van der Waals surface area contributed by atoms with Crippen LogP contribution in [-0.2, 0) is 6.54 Å². The molecule has 1 N–H and O–H groups in total. The lowest BCUT2D eigenvalue weighted by Crippen LogP contribution is -2.44. The van der Waals surface area contributed by atoms with Crippen molar-refractivity contribution in [1.29, 1.82) is 0 Å². The van der Waals surface area contributed by atoms with Gasteiger partial charge in [0, 0.05) is 25.2 Å². The van der Waals surface area contributed by atoms with Crippen LogP contribution in [0.2, 0.25) is 0 Å². The van der Waals surface area contributed by atoms with Crippen LogP contribution in [0.25, 0.3) is 0 Å². The first-order chi connectivity index (χ1) is 7.93. The van der Waals surface area contributed by atoms with E-state index in [1.54, 1.807) is 11.3 Å². The van der Waals surface area contributed by atoms with Crippen molar-refractivity contribution in [2.24, 2.45) is 0 Å². The maximum Gasteiger partial charge on any atom is 0.0249 e. The van der Waals surface area contributed by atoms with Gasteiger partial charge in [-0.05, 0) is 48.2 Å². The van der Waals surface area contributed by atoms with E-state index in [1.807, 2.05) is 0 Å². The Kier molecular flexibility index (Phi) is 3.27. The zero-order valence-corrected chi connectivity index (χ0v) is 10.5. The number of piperidine rings is 1. The third kappa shape index (κ3) is 2.17. The highest BCUT2D eigenvalue weighted by molar-refractivity contribution is 7.07. The third-order valence-corrected chi connectivity index (χ3v) is 4.74. The van der Waals surface area contributed by atoms with Gasteiger partial charge in [0.2, 0.25) is 0 Å². The van der Waals surface area contributed by atoms with Crippen molar-refractivity contribution in [3.8, 4) is 0 Å². The van der Waals surface area contributed by atoms with E-state index < -0.39 is 0 Å². The van der Waals surface area contributed by atoms with Crippen LogP contribution in [0.5, 0.6) is 0 Å². The summed E-state index contributed by atoms with van der Waals surface area (Å²) >= 11 is 1.79. The van der Waals surface area contributed by atoms with E-state index >= 15 is 0 Å². The van der Waals surface area contributed by atoms with Gasteiger partial charge in [-0.15, -0.1) is 0 Å². The Balaban J connectivity index is 1.55. The number of nitrogens with zero attached hydrogens (tertiary/aromatic N) is 1. The first kappa shape index (κ1) is 10.8. The molecule has 0 saturated carbocycles. The lowest BCUT2D eigenvalue weighted by atomic mass is 9.99. The number of hydrogen-bond acceptors (Lipinski definition) is 3. The molecule has 3 rings (SSSR count). The minimum Gasteiger partial charge on any atom is -0.308 e. The van der Waals surface area contributed by atoms with Crippen LogP contribution in [0.1, 0.15) is 31.2 Å². The maximum absolute atomic E-state index is 3.75. The number of nitrogens with one attached hydrogen (secondary N) is 1. The van der Waals surface area contributed by atoms with Gasteiger partial charge in [0.15, 0.2) is 0 Å². The van der Waals surface area contributed by atoms with E-state index in [0.29, 0.717) is 0 Å². The summed E-state index contributed by atoms with van der Waals surface area (Å²) in [6.07, 6.45) is 5.58. The Morgan fingerprint density at radius 3 is 3.19 bits per heavy atom. The quantitative estimate of drug-likeness (QED) is 0.867. The second-order valence-electron chi connectivity index (χ2n) is 5.01. The normalized spacial score (nSPS) is 30.5. The third-order valence-electron chi connectivity index (χ3n) is 4.00. The molecular weight excluding hydrogens is 216 g/mol. The Morgan fingerprint density at radius 2 is 2.31 bits per heavy atom. The van der Waals surface area contributed by atoms with E-state index in [-0.39, 0.29) is 0 Å². The molecule has 1 aromatic heterocycles. The van der Waals surface area contributed by atoms with Gasteiger partial charge in [-0.3, -0.25) is 4.90 Å². The van der Waals surface area contributed by atoms with Crippen LogP contribution >= 0.6 is 11.3 Å². The topological polar surface area (TPSA) is 15.3 Å². The van der Waals surface area contributed by atoms with E-state index in [1.165, 1.54) is 44.3 Å². The molecule has 2 saturated heterocycles.